The van der Waals surface area contributed by atoms with Crippen molar-refractivity contribution in [1.29, 1.82) is 0 Å². The van der Waals surface area contributed by atoms with Gasteiger partial charge >= 0.3 is 0 Å². The topological polar surface area (TPSA) is 70.3 Å². The van der Waals surface area contributed by atoms with Gasteiger partial charge in [-0.25, -0.2) is 4.98 Å². The van der Waals surface area contributed by atoms with E-state index in [9.17, 15) is 0 Å². The zero-order valence-corrected chi connectivity index (χ0v) is 8.43. The fourth-order valence-corrected chi connectivity index (χ4v) is 1.13. The Morgan fingerprint density at radius 3 is 2.71 bits per heavy atom. The van der Waals surface area contributed by atoms with Crippen LogP contribution in [0.2, 0.25) is 0 Å². The van der Waals surface area contributed by atoms with Crippen molar-refractivity contribution in [2.75, 3.05) is 20.8 Å². The Hall–Kier alpha value is -1.20. The molecule has 0 spiro atoms. The number of hydrogen-bond acceptors (Lipinski definition) is 5. The number of nitrogens with two attached hydrogens (primary N) is 1. The van der Waals surface area contributed by atoms with Crippen LogP contribution < -0.4 is 10.5 Å². The molecule has 1 aromatic rings. The van der Waals surface area contributed by atoms with E-state index in [1.807, 2.05) is 0 Å². The largest absolute Gasteiger partial charge is 0.480 e. The van der Waals surface area contributed by atoms with Crippen LogP contribution in [0.3, 0.4) is 0 Å². The highest BCUT2D eigenvalue weighted by atomic mass is 16.5. The van der Waals surface area contributed by atoms with Crippen LogP contribution in [-0.2, 0) is 4.74 Å². The van der Waals surface area contributed by atoms with Crippen LogP contribution in [0.15, 0.2) is 12.4 Å². The number of nitrogens with zero attached hydrogens (tertiary/aromatic N) is 2. The van der Waals surface area contributed by atoms with Gasteiger partial charge in [0.15, 0.2) is 0 Å². The summed E-state index contributed by atoms with van der Waals surface area (Å²) in [7, 11) is 3.19. The Labute approximate surface area is 83.3 Å². The van der Waals surface area contributed by atoms with Crippen LogP contribution in [0.1, 0.15) is 18.2 Å². The molecule has 0 radical (unpaired) electrons. The molecule has 1 rings (SSSR count). The number of hydrogen-bond donors (Lipinski definition) is 1. The summed E-state index contributed by atoms with van der Waals surface area (Å²) in [6, 6.07) is -0.196. The highest BCUT2D eigenvalue weighted by molar-refractivity contribution is 5.20. The lowest BCUT2D eigenvalue weighted by molar-refractivity contribution is 0.187. The maximum Gasteiger partial charge on any atom is 0.236 e. The Morgan fingerprint density at radius 1 is 1.36 bits per heavy atom. The third-order valence-corrected chi connectivity index (χ3v) is 1.87. The molecule has 5 nitrogen and oxygen atoms in total. The summed E-state index contributed by atoms with van der Waals surface area (Å²) in [6.45, 7) is 0.598. The summed E-state index contributed by atoms with van der Waals surface area (Å²) in [4.78, 5) is 8.16. The molecule has 0 aliphatic carbocycles. The summed E-state index contributed by atoms with van der Waals surface area (Å²) in [5.41, 5.74) is 6.57. The lowest BCUT2D eigenvalue weighted by Gasteiger charge is -2.12. The van der Waals surface area contributed by atoms with E-state index in [0.717, 1.165) is 0 Å². The highest BCUT2D eigenvalue weighted by Gasteiger charge is 2.13. The summed E-state index contributed by atoms with van der Waals surface area (Å²) in [5, 5.41) is 0. The predicted octanol–water partition coefficient (Wildman–Crippen LogP) is 0.521. The van der Waals surface area contributed by atoms with E-state index >= 15 is 0 Å². The molecule has 1 unspecified atom stereocenters. The Morgan fingerprint density at radius 2 is 2.07 bits per heavy atom. The minimum Gasteiger partial charge on any atom is -0.480 e. The molecule has 5 heteroatoms. The molecular formula is C9H15N3O2. The maximum atomic E-state index is 5.89. The third-order valence-electron chi connectivity index (χ3n) is 1.87. The van der Waals surface area contributed by atoms with Crippen molar-refractivity contribution in [1.82, 2.24) is 9.97 Å². The summed E-state index contributed by atoms with van der Waals surface area (Å²) < 4.78 is 9.99. The first kappa shape index (κ1) is 10.9. The highest BCUT2D eigenvalue weighted by Crippen LogP contribution is 2.19. The van der Waals surface area contributed by atoms with Gasteiger partial charge in [-0.2, -0.15) is 0 Å². The molecule has 1 heterocycles. The SMILES string of the molecule is COCCC(N)c1nccnc1OC. The monoisotopic (exact) mass is 197 g/mol. The van der Waals surface area contributed by atoms with Gasteiger partial charge in [0.05, 0.1) is 13.2 Å². The Bertz CT molecular complexity index is 281. The average Bonchev–Trinajstić information content (AvgIpc) is 2.25. The second kappa shape index (κ2) is 5.51. The van der Waals surface area contributed by atoms with Gasteiger partial charge in [0.1, 0.15) is 5.69 Å². The van der Waals surface area contributed by atoms with E-state index < -0.39 is 0 Å². The molecule has 0 fully saturated rings. The van der Waals surface area contributed by atoms with Gasteiger partial charge in [0.2, 0.25) is 5.88 Å². The third kappa shape index (κ3) is 2.65. The van der Waals surface area contributed by atoms with Crippen LogP contribution >= 0.6 is 0 Å². The first-order valence-electron chi connectivity index (χ1n) is 4.39. The van der Waals surface area contributed by atoms with Crippen molar-refractivity contribution < 1.29 is 9.47 Å². The average molecular weight is 197 g/mol. The van der Waals surface area contributed by atoms with E-state index in [1.165, 1.54) is 0 Å². The van der Waals surface area contributed by atoms with Crippen LogP contribution in [0, 0.1) is 0 Å². The first-order chi connectivity index (χ1) is 6.79. The Kier molecular flexibility index (Phi) is 4.28. The second-order valence-electron chi connectivity index (χ2n) is 2.84. The molecule has 0 aliphatic rings. The summed E-state index contributed by atoms with van der Waals surface area (Å²) in [6.07, 6.45) is 3.88. The fraction of sp³-hybridized carbons (Fsp3) is 0.556. The van der Waals surface area contributed by atoms with Crippen LogP contribution in [0.4, 0.5) is 0 Å². The lowest BCUT2D eigenvalue weighted by atomic mass is 10.1. The number of rotatable bonds is 5. The summed E-state index contributed by atoms with van der Waals surface area (Å²) in [5.74, 6) is 0.483. The standard InChI is InChI=1S/C9H15N3O2/c1-13-6-3-7(10)8-9(14-2)12-5-4-11-8/h4-5,7H,3,6,10H2,1-2H3. The number of ether oxygens (including phenoxy) is 2. The minimum absolute atomic E-state index is 0.196. The van der Waals surface area contributed by atoms with Crippen molar-refractivity contribution in [3.63, 3.8) is 0 Å². The van der Waals surface area contributed by atoms with Gasteiger partial charge in [0.25, 0.3) is 0 Å². The maximum absolute atomic E-state index is 5.89. The molecule has 1 aromatic heterocycles. The number of aromatic nitrogens is 2. The van der Waals surface area contributed by atoms with E-state index in [1.54, 1.807) is 26.6 Å². The van der Waals surface area contributed by atoms with Gasteiger partial charge in [-0.1, -0.05) is 0 Å². The molecule has 0 aromatic carbocycles. The van der Waals surface area contributed by atoms with Gasteiger partial charge in [-0.15, -0.1) is 0 Å². The molecule has 14 heavy (non-hydrogen) atoms. The van der Waals surface area contributed by atoms with Crippen LogP contribution in [-0.4, -0.2) is 30.8 Å². The zero-order valence-electron chi connectivity index (χ0n) is 8.43. The minimum atomic E-state index is -0.196. The van der Waals surface area contributed by atoms with Gasteiger partial charge in [-0.3, -0.25) is 4.98 Å². The molecule has 78 valence electrons. The zero-order chi connectivity index (χ0) is 10.4. The van der Waals surface area contributed by atoms with Crippen LogP contribution in [0.25, 0.3) is 0 Å². The Balaban J connectivity index is 2.72. The normalized spacial score (nSPS) is 12.5. The van der Waals surface area contributed by atoms with E-state index in [2.05, 4.69) is 9.97 Å². The second-order valence-corrected chi connectivity index (χ2v) is 2.84. The van der Waals surface area contributed by atoms with Gasteiger partial charge < -0.3 is 15.2 Å². The van der Waals surface area contributed by atoms with Crippen molar-refractivity contribution in [2.45, 2.75) is 12.5 Å². The molecular weight excluding hydrogens is 182 g/mol. The molecule has 0 amide bonds. The van der Waals surface area contributed by atoms with Crippen molar-refractivity contribution in [2.24, 2.45) is 5.73 Å². The summed E-state index contributed by atoms with van der Waals surface area (Å²) >= 11 is 0. The molecule has 0 bridgehead atoms. The van der Waals surface area contributed by atoms with E-state index in [0.29, 0.717) is 24.6 Å². The van der Waals surface area contributed by atoms with Gasteiger partial charge in [0, 0.05) is 26.1 Å². The van der Waals surface area contributed by atoms with Crippen molar-refractivity contribution in [3.05, 3.63) is 18.1 Å². The quantitative estimate of drug-likeness (QED) is 0.745. The first-order valence-corrected chi connectivity index (χ1v) is 4.39. The van der Waals surface area contributed by atoms with Crippen molar-refractivity contribution >= 4 is 0 Å². The van der Waals surface area contributed by atoms with Crippen LogP contribution in [0.5, 0.6) is 5.88 Å². The molecule has 0 aliphatic heterocycles. The molecule has 2 N–H and O–H groups in total. The smallest absolute Gasteiger partial charge is 0.236 e. The lowest BCUT2D eigenvalue weighted by Crippen LogP contribution is -2.15. The molecule has 1 atom stereocenters. The van der Waals surface area contributed by atoms with E-state index in [4.69, 9.17) is 15.2 Å². The molecule has 0 saturated carbocycles. The van der Waals surface area contributed by atoms with E-state index in [-0.39, 0.29) is 6.04 Å². The number of methoxy groups -OCH3 is 2. The van der Waals surface area contributed by atoms with Crippen molar-refractivity contribution in [3.8, 4) is 5.88 Å². The fourth-order valence-electron chi connectivity index (χ4n) is 1.13. The van der Waals surface area contributed by atoms with Gasteiger partial charge in [-0.05, 0) is 6.42 Å². The predicted molar refractivity (Wildman–Crippen MR) is 52.0 cm³/mol. The molecule has 0 saturated heterocycles.